The van der Waals surface area contributed by atoms with Crippen LogP contribution in [0.2, 0.25) is 0 Å². The van der Waals surface area contributed by atoms with E-state index in [9.17, 15) is 5.11 Å². The van der Waals surface area contributed by atoms with E-state index < -0.39 is 0 Å². The van der Waals surface area contributed by atoms with Gasteiger partial charge in [0.05, 0.1) is 6.10 Å². The maximum Gasteiger partial charge on any atom is 0.0758 e. The summed E-state index contributed by atoms with van der Waals surface area (Å²) in [4.78, 5) is 4.74. The highest BCUT2D eigenvalue weighted by atomic mass is 16.3. The fourth-order valence-corrected chi connectivity index (χ4v) is 6.69. The minimum atomic E-state index is -0.326. The SMILES string of the molecule is CN=C1C=C2CC(O)C=C[C@]2(C)[C@@H]2CC[C@]3(C)C(NC)CC[C@H]3C12. The Labute approximate surface area is 146 Å². The molecular weight excluding hydrogens is 296 g/mol. The van der Waals surface area contributed by atoms with Crippen LogP contribution in [-0.2, 0) is 0 Å². The van der Waals surface area contributed by atoms with Crippen LogP contribution in [0.25, 0.3) is 0 Å². The topological polar surface area (TPSA) is 44.6 Å². The van der Waals surface area contributed by atoms with Gasteiger partial charge in [0, 0.05) is 30.1 Å². The molecule has 0 aromatic rings. The molecule has 24 heavy (non-hydrogen) atoms. The van der Waals surface area contributed by atoms with E-state index in [4.69, 9.17) is 4.99 Å². The van der Waals surface area contributed by atoms with Crippen molar-refractivity contribution in [2.75, 3.05) is 14.1 Å². The van der Waals surface area contributed by atoms with Crippen LogP contribution >= 0.6 is 0 Å². The summed E-state index contributed by atoms with van der Waals surface area (Å²) < 4.78 is 0. The Balaban J connectivity index is 1.79. The van der Waals surface area contributed by atoms with E-state index in [-0.39, 0.29) is 11.5 Å². The molecule has 0 aliphatic heterocycles. The van der Waals surface area contributed by atoms with Crippen molar-refractivity contribution in [3.63, 3.8) is 0 Å². The van der Waals surface area contributed by atoms with Gasteiger partial charge in [-0.2, -0.15) is 0 Å². The highest BCUT2D eigenvalue weighted by molar-refractivity contribution is 5.99. The molecule has 3 heteroatoms. The summed E-state index contributed by atoms with van der Waals surface area (Å²) in [7, 11) is 4.09. The zero-order chi connectivity index (χ0) is 17.1. The number of rotatable bonds is 1. The molecule has 4 aliphatic rings. The van der Waals surface area contributed by atoms with Crippen molar-refractivity contribution in [2.24, 2.45) is 33.6 Å². The third-order valence-corrected chi connectivity index (χ3v) is 8.10. The lowest BCUT2D eigenvalue weighted by Crippen LogP contribution is -2.54. The maximum atomic E-state index is 10.1. The Kier molecular flexibility index (Phi) is 3.81. The molecule has 2 saturated carbocycles. The number of nitrogens with one attached hydrogen (secondary N) is 1. The van der Waals surface area contributed by atoms with Crippen LogP contribution in [0, 0.1) is 28.6 Å². The summed E-state index contributed by atoms with van der Waals surface area (Å²) in [6.07, 6.45) is 12.3. The first-order valence-electron chi connectivity index (χ1n) is 9.66. The Hall–Kier alpha value is -0.930. The number of aliphatic hydroxyl groups excluding tert-OH is 1. The molecule has 0 spiro atoms. The average Bonchev–Trinajstić information content (AvgIpc) is 2.91. The lowest BCUT2D eigenvalue weighted by molar-refractivity contribution is 0.0189. The van der Waals surface area contributed by atoms with E-state index in [1.54, 1.807) is 0 Å². The standard InChI is InChI=1S/C21H32N2O/c1-20-9-7-14(24)11-13(20)12-17(22-3)19-15-5-6-18(23-4)21(15,2)10-8-16(19)20/h7,9,12,14-16,18-19,23-24H,5-6,8,10-11H2,1-4H3/t14?,15-,16+,18?,19?,20-,21-/m0/s1. The molecule has 0 amide bonds. The smallest absolute Gasteiger partial charge is 0.0758 e. The third-order valence-electron chi connectivity index (χ3n) is 8.10. The van der Waals surface area contributed by atoms with E-state index in [0.717, 1.165) is 12.3 Å². The monoisotopic (exact) mass is 328 g/mol. The lowest BCUT2D eigenvalue weighted by Gasteiger charge is -2.56. The number of hydrogen-bond acceptors (Lipinski definition) is 3. The van der Waals surface area contributed by atoms with Crippen LogP contribution in [0.5, 0.6) is 0 Å². The Bertz CT molecular complexity index is 621. The zero-order valence-electron chi connectivity index (χ0n) is 15.5. The minimum absolute atomic E-state index is 0.108. The number of aliphatic imine (C=N–C) groups is 1. The van der Waals surface area contributed by atoms with E-state index in [1.807, 2.05) is 13.1 Å². The first kappa shape index (κ1) is 16.5. The number of nitrogens with zero attached hydrogens (tertiary/aromatic N) is 1. The first-order chi connectivity index (χ1) is 11.4. The fraction of sp³-hybridized carbons (Fsp3) is 0.762. The average molecular weight is 329 g/mol. The quantitative estimate of drug-likeness (QED) is 0.725. The molecule has 0 aromatic heterocycles. The second-order valence-electron chi connectivity index (χ2n) is 8.93. The normalized spacial score (nSPS) is 51.8. The molecule has 4 rings (SSSR count). The largest absolute Gasteiger partial charge is 0.389 e. The maximum absolute atomic E-state index is 10.1. The van der Waals surface area contributed by atoms with E-state index in [1.165, 1.54) is 37.0 Å². The summed E-state index contributed by atoms with van der Waals surface area (Å²) in [5.41, 5.74) is 3.19. The third kappa shape index (κ3) is 2.07. The molecule has 0 heterocycles. The van der Waals surface area contributed by atoms with Gasteiger partial charge in [-0.05, 0) is 62.5 Å². The summed E-state index contributed by atoms with van der Waals surface area (Å²) in [5, 5.41) is 13.7. The summed E-state index contributed by atoms with van der Waals surface area (Å²) in [6, 6.07) is 0.642. The van der Waals surface area contributed by atoms with Crippen molar-refractivity contribution < 1.29 is 5.11 Å². The first-order valence-corrected chi connectivity index (χ1v) is 9.66. The molecule has 2 N–H and O–H groups in total. The van der Waals surface area contributed by atoms with Crippen LogP contribution in [0.4, 0.5) is 0 Å². The number of hydrogen-bond donors (Lipinski definition) is 2. The summed E-state index contributed by atoms with van der Waals surface area (Å²) in [5.74, 6) is 1.93. The number of aliphatic hydroxyl groups is 1. The minimum Gasteiger partial charge on any atom is -0.389 e. The van der Waals surface area contributed by atoms with E-state index >= 15 is 0 Å². The molecule has 0 radical (unpaired) electrons. The van der Waals surface area contributed by atoms with Gasteiger partial charge >= 0.3 is 0 Å². The van der Waals surface area contributed by atoms with Gasteiger partial charge in [-0.3, -0.25) is 4.99 Å². The molecule has 132 valence electrons. The highest BCUT2D eigenvalue weighted by Crippen LogP contribution is 2.63. The Morgan fingerprint density at radius 1 is 1.21 bits per heavy atom. The van der Waals surface area contributed by atoms with Crippen molar-refractivity contribution in [1.82, 2.24) is 5.32 Å². The van der Waals surface area contributed by atoms with Crippen molar-refractivity contribution in [1.29, 1.82) is 0 Å². The van der Waals surface area contributed by atoms with Gasteiger partial charge in [0.2, 0.25) is 0 Å². The molecule has 0 aromatic carbocycles. The van der Waals surface area contributed by atoms with Crippen molar-refractivity contribution in [2.45, 2.75) is 58.1 Å². The van der Waals surface area contributed by atoms with Crippen LogP contribution in [0.3, 0.4) is 0 Å². The molecule has 7 atom stereocenters. The van der Waals surface area contributed by atoms with Gasteiger partial charge in [0.25, 0.3) is 0 Å². The number of fused-ring (bicyclic) bond motifs is 5. The molecule has 4 aliphatic carbocycles. The Morgan fingerprint density at radius 2 is 2.00 bits per heavy atom. The summed E-state index contributed by atoms with van der Waals surface area (Å²) in [6.45, 7) is 4.91. The molecule has 0 saturated heterocycles. The van der Waals surface area contributed by atoms with E-state index in [0.29, 0.717) is 23.3 Å². The predicted molar refractivity (Wildman–Crippen MR) is 99.2 cm³/mol. The predicted octanol–water partition coefficient (Wildman–Crippen LogP) is 3.35. The lowest BCUT2D eigenvalue weighted by atomic mass is 9.48. The molecular formula is C21H32N2O. The van der Waals surface area contributed by atoms with Gasteiger partial charge in [0.1, 0.15) is 0 Å². The van der Waals surface area contributed by atoms with Gasteiger partial charge in [-0.15, -0.1) is 0 Å². The molecule has 3 nitrogen and oxygen atoms in total. The van der Waals surface area contributed by atoms with Crippen LogP contribution in [0.1, 0.15) is 46.0 Å². The fourth-order valence-electron chi connectivity index (χ4n) is 6.69. The second-order valence-corrected chi connectivity index (χ2v) is 8.93. The van der Waals surface area contributed by atoms with Gasteiger partial charge in [-0.25, -0.2) is 0 Å². The number of allylic oxidation sites excluding steroid dienone is 2. The molecule has 2 fully saturated rings. The van der Waals surface area contributed by atoms with Crippen LogP contribution in [0.15, 0.2) is 28.8 Å². The van der Waals surface area contributed by atoms with Crippen molar-refractivity contribution in [3.05, 3.63) is 23.8 Å². The second kappa shape index (κ2) is 5.54. The zero-order valence-corrected chi connectivity index (χ0v) is 15.5. The van der Waals surface area contributed by atoms with Crippen LogP contribution in [-0.4, -0.2) is 37.1 Å². The highest BCUT2D eigenvalue weighted by Gasteiger charge is 2.59. The van der Waals surface area contributed by atoms with Gasteiger partial charge in [0.15, 0.2) is 0 Å². The Morgan fingerprint density at radius 3 is 2.71 bits per heavy atom. The van der Waals surface area contributed by atoms with Gasteiger partial charge in [-0.1, -0.05) is 31.6 Å². The molecule has 3 unspecified atom stereocenters. The van der Waals surface area contributed by atoms with Crippen molar-refractivity contribution >= 4 is 5.71 Å². The van der Waals surface area contributed by atoms with Crippen molar-refractivity contribution in [3.8, 4) is 0 Å². The summed E-state index contributed by atoms with van der Waals surface area (Å²) >= 11 is 0. The van der Waals surface area contributed by atoms with Crippen LogP contribution < -0.4 is 5.32 Å². The molecule has 0 bridgehead atoms. The van der Waals surface area contributed by atoms with Gasteiger partial charge < -0.3 is 10.4 Å². The van der Waals surface area contributed by atoms with E-state index in [2.05, 4.69) is 38.4 Å².